The second-order valence-corrected chi connectivity index (χ2v) is 6.26. The number of hydrogen-bond acceptors (Lipinski definition) is 5. The van der Waals surface area contributed by atoms with E-state index in [1.807, 2.05) is 0 Å². The van der Waals surface area contributed by atoms with Crippen LogP contribution in [0.25, 0.3) is 11.1 Å². The Morgan fingerprint density at radius 2 is 2.30 bits per heavy atom. The average molecular weight is 293 g/mol. The van der Waals surface area contributed by atoms with Gasteiger partial charge in [0.15, 0.2) is 5.58 Å². The molecule has 1 heterocycles. The van der Waals surface area contributed by atoms with Crippen LogP contribution in [0.15, 0.2) is 27.8 Å². The van der Waals surface area contributed by atoms with Crippen molar-refractivity contribution >= 4 is 33.5 Å². The largest absolute Gasteiger partial charge is 0.430 e. The van der Waals surface area contributed by atoms with Gasteiger partial charge in [-0.2, -0.15) is 0 Å². The molecule has 0 bridgehead atoms. The molecule has 0 spiro atoms. The van der Waals surface area contributed by atoms with Gasteiger partial charge in [0.2, 0.25) is 5.91 Å². The maximum Gasteiger partial charge on any atom is 0.288 e. The first-order chi connectivity index (χ1) is 9.54. The molecule has 2 N–H and O–H groups in total. The van der Waals surface area contributed by atoms with E-state index >= 15 is 0 Å². The fourth-order valence-electron chi connectivity index (χ4n) is 1.96. The first kappa shape index (κ1) is 13.1. The molecular weight excluding hydrogens is 278 g/mol. The van der Waals surface area contributed by atoms with E-state index < -0.39 is 10.8 Å². The fourth-order valence-corrected chi connectivity index (χ4v) is 2.90. The zero-order valence-electron chi connectivity index (χ0n) is 11.0. The number of aromatic nitrogens is 1. The number of oxazole rings is 1. The number of benzene rings is 1. The van der Waals surface area contributed by atoms with Gasteiger partial charge in [-0.3, -0.25) is 4.79 Å². The van der Waals surface area contributed by atoms with E-state index in [1.165, 1.54) is 0 Å². The molecule has 2 aromatic rings. The van der Waals surface area contributed by atoms with E-state index in [2.05, 4.69) is 4.98 Å². The molecule has 1 aliphatic rings. The Bertz CT molecular complexity index is 693. The molecule has 1 atom stereocenters. The van der Waals surface area contributed by atoms with E-state index in [-0.39, 0.29) is 16.9 Å². The van der Waals surface area contributed by atoms with E-state index in [0.29, 0.717) is 22.8 Å². The molecule has 0 aliphatic heterocycles. The number of nitrogens with zero attached hydrogens (tertiary/aromatic N) is 2. The molecule has 7 heteroatoms. The minimum atomic E-state index is -1.57. The van der Waals surface area contributed by atoms with Gasteiger partial charge in [0, 0.05) is 18.8 Å². The lowest BCUT2D eigenvalue weighted by Gasteiger charge is -2.14. The van der Waals surface area contributed by atoms with Crippen molar-refractivity contribution in [3.8, 4) is 0 Å². The van der Waals surface area contributed by atoms with Crippen LogP contribution in [0, 0.1) is 0 Å². The number of anilines is 1. The first-order valence-electron chi connectivity index (χ1n) is 6.34. The second kappa shape index (κ2) is 4.90. The third kappa shape index (κ3) is 2.53. The molecule has 0 radical (unpaired) electrons. The number of nitrogen functional groups attached to an aromatic ring is 1. The molecule has 0 saturated heterocycles. The molecule has 1 aromatic carbocycles. The third-order valence-corrected chi connectivity index (χ3v) is 4.40. The topological polar surface area (TPSA) is 89.4 Å². The lowest BCUT2D eigenvalue weighted by molar-refractivity contribution is -0.127. The molecule has 20 heavy (non-hydrogen) atoms. The van der Waals surface area contributed by atoms with Crippen molar-refractivity contribution in [3.63, 3.8) is 0 Å². The highest BCUT2D eigenvalue weighted by molar-refractivity contribution is 7.85. The Hall–Kier alpha value is -1.89. The molecule has 106 valence electrons. The summed E-state index contributed by atoms with van der Waals surface area (Å²) in [5, 5.41) is 0.0724. The Morgan fingerprint density at radius 3 is 3.00 bits per heavy atom. The maximum atomic E-state index is 12.1. The molecular formula is C13H15N3O3S. The Kier molecular flexibility index (Phi) is 3.21. The number of fused-ring (bicyclic) bond motifs is 1. The predicted octanol–water partition coefficient (Wildman–Crippen LogP) is 1.14. The van der Waals surface area contributed by atoms with Crippen LogP contribution >= 0.6 is 0 Å². The highest BCUT2D eigenvalue weighted by Gasteiger charge is 2.30. The fraction of sp³-hybridized carbons (Fsp3) is 0.385. The Labute approximate surface area is 118 Å². The molecule has 1 aromatic heterocycles. The molecule has 6 nitrogen and oxygen atoms in total. The molecule has 3 rings (SSSR count). The summed E-state index contributed by atoms with van der Waals surface area (Å²) in [5.74, 6) is -0.248. The van der Waals surface area contributed by atoms with Crippen LogP contribution in [0.1, 0.15) is 12.8 Å². The minimum Gasteiger partial charge on any atom is -0.430 e. The monoisotopic (exact) mass is 293 g/mol. The van der Waals surface area contributed by atoms with Gasteiger partial charge in [-0.25, -0.2) is 9.19 Å². The average Bonchev–Trinajstić information content (AvgIpc) is 3.17. The highest BCUT2D eigenvalue weighted by atomic mass is 32.2. The van der Waals surface area contributed by atoms with Crippen molar-refractivity contribution in [2.24, 2.45) is 0 Å². The molecule has 1 unspecified atom stereocenters. The van der Waals surface area contributed by atoms with Crippen LogP contribution in [0.2, 0.25) is 0 Å². The van der Waals surface area contributed by atoms with Crippen LogP contribution in [0.5, 0.6) is 0 Å². The number of rotatable bonds is 4. The van der Waals surface area contributed by atoms with Crippen molar-refractivity contribution in [1.82, 2.24) is 9.88 Å². The molecule has 1 fully saturated rings. The summed E-state index contributed by atoms with van der Waals surface area (Å²) in [6, 6.07) is 5.32. The van der Waals surface area contributed by atoms with Crippen LogP contribution in [0.3, 0.4) is 0 Å². The summed E-state index contributed by atoms with van der Waals surface area (Å²) >= 11 is 0. The van der Waals surface area contributed by atoms with Gasteiger partial charge in [0.05, 0.1) is 0 Å². The molecule has 1 aliphatic carbocycles. The Morgan fingerprint density at radius 1 is 1.55 bits per heavy atom. The van der Waals surface area contributed by atoms with E-state index in [0.717, 1.165) is 12.8 Å². The number of hydrogen-bond donors (Lipinski definition) is 1. The Balaban J connectivity index is 1.76. The normalized spacial score (nSPS) is 16.2. The van der Waals surface area contributed by atoms with Gasteiger partial charge in [-0.1, -0.05) is 0 Å². The summed E-state index contributed by atoms with van der Waals surface area (Å²) in [5.41, 5.74) is 7.29. The third-order valence-electron chi connectivity index (χ3n) is 3.33. The summed E-state index contributed by atoms with van der Waals surface area (Å²) in [4.78, 5) is 17.7. The minimum absolute atomic E-state index is 0.0724. The predicted molar refractivity (Wildman–Crippen MR) is 75.5 cm³/mol. The number of carbonyl (C=O) groups is 1. The van der Waals surface area contributed by atoms with Crippen molar-refractivity contribution in [1.29, 1.82) is 0 Å². The van der Waals surface area contributed by atoms with Crippen LogP contribution < -0.4 is 5.73 Å². The summed E-state index contributed by atoms with van der Waals surface area (Å²) in [7, 11) is 0.168. The van der Waals surface area contributed by atoms with Gasteiger partial charge < -0.3 is 15.1 Å². The van der Waals surface area contributed by atoms with Gasteiger partial charge in [-0.15, -0.1) is 0 Å². The van der Waals surface area contributed by atoms with Gasteiger partial charge >= 0.3 is 0 Å². The summed E-state index contributed by atoms with van der Waals surface area (Å²) in [6.45, 7) is 0. The van der Waals surface area contributed by atoms with Crippen molar-refractivity contribution < 1.29 is 13.4 Å². The van der Waals surface area contributed by atoms with Crippen LogP contribution in [-0.2, 0) is 15.6 Å². The second-order valence-electron chi connectivity index (χ2n) is 4.93. The van der Waals surface area contributed by atoms with Crippen molar-refractivity contribution in [2.75, 3.05) is 18.5 Å². The van der Waals surface area contributed by atoms with Crippen molar-refractivity contribution in [3.05, 3.63) is 18.2 Å². The van der Waals surface area contributed by atoms with E-state index in [1.54, 1.807) is 30.1 Å². The van der Waals surface area contributed by atoms with E-state index in [9.17, 15) is 9.00 Å². The van der Waals surface area contributed by atoms with Crippen LogP contribution in [0.4, 0.5) is 5.69 Å². The lowest BCUT2D eigenvalue weighted by atomic mass is 10.3. The summed E-state index contributed by atoms with van der Waals surface area (Å²) < 4.78 is 17.5. The zero-order chi connectivity index (χ0) is 14.3. The van der Waals surface area contributed by atoms with Gasteiger partial charge in [-0.05, 0) is 31.0 Å². The van der Waals surface area contributed by atoms with Crippen LogP contribution in [-0.4, -0.2) is 38.8 Å². The molecule has 1 amide bonds. The standard InChI is InChI=1S/C13H15N3O3S/c1-16(9-3-4-9)12(17)7-20(18)13-15-10-6-8(14)2-5-11(10)19-13/h2,5-6,9H,3-4,7,14H2,1H3. The van der Waals surface area contributed by atoms with Gasteiger partial charge in [0.25, 0.3) is 5.22 Å². The van der Waals surface area contributed by atoms with Gasteiger partial charge in [0.1, 0.15) is 22.1 Å². The summed E-state index contributed by atoms with van der Waals surface area (Å²) in [6.07, 6.45) is 2.05. The number of amides is 1. The lowest BCUT2D eigenvalue weighted by Crippen LogP contribution is -2.32. The maximum absolute atomic E-state index is 12.1. The van der Waals surface area contributed by atoms with Crippen molar-refractivity contribution in [2.45, 2.75) is 24.1 Å². The smallest absolute Gasteiger partial charge is 0.288 e. The quantitative estimate of drug-likeness (QED) is 0.854. The van der Waals surface area contributed by atoms with E-state index in [4.69, 9.17) is 10.2 Å². The number of nitrogens with two attached hydrogens (primary N) is 1. The molecule has 1 saturated carbocycles. The SMILES string of the molecule is CN(C(=O)CS(=O)c1nc2cc(N)ccc2o1)C1CC1. The first-order valence-corrected chi connectivity index (χ1v) is 7.66. The zero-order valence-corrected chi connectivity index (χ0v) is 11.9. The highest BCUT2D eigenvalue weighted by Crippen LogP contribution is 2.26. The number of carbonyl (C=O) groups excluding carboxylic acids is 1.